The van der Waals surface area contributed by atoms with Crippen LogP contribution in [0.1, 0.15) is 16.5 Å². The molecule has 0 saturated carbocycles. The Morgan fingerprint density at radius 1 is 1.05 bits per heavy atom. The minimum atomic E-state index is -0.750. The van der Waals surface area contributed by atoms with Gasteiger partial charge < -0.3 is 5.11 Å². The van der Waals surface area contributed by atoms with Crippen LogP contribution in [0.4, 0.5) is 4.39 Å². The molecular formula is C15H10BrFOS. The summed E-state index contributed by atoms with van der Waals surface area (Å²) in [5, 5.41) is 13.7. The number of rotatable bonds is 2. The van der Waals surface area contributed by atoms with E-state index in [9.17, 15) is 9.50 Å². The monoisotopic (exact) mass is 336 g/mol. The van der Waals surface area contributed by atoms with Gasteiger partial charge in [-0.2, -0.15) is 0 Å². The Morgan fingerprint density at radius 2 is 1.79 bits per heavy atom. The Labute approximate surface area is 122 Å². The molecule has 1 unspecified atom stereocenters. The summed E-state index contributed by atoms with van der Waals surface area (Å²) in [6.07, 6.45) is -0.750. The molecule has 0 fully saturated rings. The van der Waals surface area contributed by atoms with Gasteiger partial charge in [0.05, 0.1) is 4.88 Å². The molecule has 1 atom stereocenters. The van der Waals surface area contributed by atoms with Gasteiger partial charge in [-0.25, -0.2) is 4.39 Å². The highest BCUT2D eigenvalue weighted by molar-refractivity contribution is 9.10. The van der Waals surface area contributed by atoms with Gasteiger partial charge in [0.1, 0.15) is 11.9 Å². The van der Waals surface area contributed by atoms with E-state index in [1.54, 1.807) is 18.2 Å². The van der Waals surface area contributed by atoms with Crippen LogP contribution in [0, 0.1) is 5.82 Å². The molecule has 2 aromatic carbocycles. The number of benzene rings is 2. The smallest absolute Gasteiger partial charge is 0.131 e. The summed E-state index contributed by atoms with van der Waals surface area (Å²) < 4.78 is 14.6. The predicted molar refractivity (Wildman–Crippen MR) is 80.0 cm³/mol. The Hall–Kier alpha value is -1.23. The molecule has 19 heavy (non-hydrogen) atoms. The highest BCUT2D eigenvalue weighted by Crippen LogP contribution is 2.36. The first kappa shape index (κ1) is 12.8. The molecule has 4 heteroatoms. The maximum Gasteiger partial charge on any atom is 0.131 e. The van der Waals surface area contributed by atoms with Gasteiger partial charge in [0.15, 0.2) is 0 Å². The van der Waals surface area contributed by atoms with Crippen molar-refractivity contribution in [2.24, 2.45) is 0 Å². The Balaban J connectivity index is 2.21. The average Bonchev–Trinajstić information content (AvgIpc) is 2.85. The summed E-state index contributed by atoms with van der Waals surface area (Å²) in [7, 11) is 0. The first-order valence-corrected chi connectivity index (χ1v) is 7.44. The maximum atomic E-state index is 13.8. The van der Waals surface area contributed by atoms with Gasteiger partial charge in [-0.3, -0.25) is 0 Å². The fourth-order valence-electron chi connectivity index (χ4n) is 2.17. The summed E-state index contributed by atoms with van der Waals surface area (Å²) in [5.41, 5.74) is 0.722. The van der Waals surface area contributed by atoms with Gasteiger partial charge in [-0.05, 0) is 44.4 Å². The lowest BCUT2D eigenvalue weighted by Crippen LogP contribution is -1.99. The highest BCUT2D eigenvalue weighted by Gasteiger charge is 2.18. The van der Waals surface area contributed by atoms with Gasteiger partial charge in [0.25, 0.3) is 0 Å². The van der Waals surface area contributed by atoms with E-state index in [1.165, 1.54) is 17.4 Å². The van der Waals surface area contributed by atoms with Crippen LogP contribution < -0.4 is 0 Å². The molecule has 0 aliphatic heterocycles. The number of aliphatic hydroxyl groups is 1. The molecule has 0 radical (unpaired) electrons. The van der Waals surface area contributed by atoms with E-state index >= 15 is 0 Å². The second kappa shape index (κ2) is 5.04. The summed E-state index contributed by atoms with van der Waals surface area (Å²) in [5.74, 6) is -0.267. The standard InChI is InChI=1S/C15H10BrFOS/c16-12-7-8-19-15(12)14(18)11-5-6-13(17)10-4-2-1-3-9(10)11/h1-8,14,18H. The molecule has 1 aromatic heterocycles. The number of fused-ring (bicyclic) bond motifs is 1. The van der Waals surface area contributed by atoms with Crippen molar-refractivity contribution in [1.82, 2.24) is 0 Å². The lowest BCUT2D eigenvalue weighted by atomic mass is 9.99. The van der Waals surface area contributed by atoms with Crippen LogP contribution >= 0.6 is 27.3 Å². The zero-order valence-electron chi connectivity index (χ0n) is 9.81. The molecule has 1 heterocycles. The fraction of sp³-hybridized carbons (Fsp3) is 0.0667. The van der Waals surface area contributed by atoms with Crippen LogP contribution in [0.3, 0.4) is 0 Å². The van der Waals surface area contributed by atoms with Crippen molar-refractivity contribution in [3.8, 4) is 0 Å². The van der Waals surface area contributed by atoms with Gasteiger partial charge in [0, 0.05) is 9.86 Å². The topological polar surface area (TPSA) is 20.2 Å². The number of halogens is 2. The highest BCUT2D eigenvalue weighted by atomic mass is 79.9. The summed E-state index contributed by atoms with van der Waals surface area (Å²) in [6.45, 7) is 0. The number of hydrogen-bond donors (Lipinski definition) is 1. The van der Waals surface area contributed by atoms with Crippen molar-refractivity contribution < 1.29 is 9.50 Å². The van der Waals surface area contributed by atoms with E-state index in [2.05, 4.69) is 15.9 Å². The molecule has 1 nitrogen and oxygen atoms in total. The molecule has 96 valence electrons. The van der Waals surface area contributed by atoms with Crippen molar-refractivity contribution in [3.63, 3.8) is 0 Å². The Morgan fingerprint density at radius 3 is 2.47 bits per heavy atom. The van der Waals surface area contributed by atoms with E-state index in [4.69, 9.17) is 0 Å². The third-order valence-electron chi connectivity index (χ3n) is 3.09. The predicted octanol–water partition coefficient (Wildman–Crippen LogP) is 4.88. The molecule has 0 aliphatic rings. The van der Waals surface area contributed by atoms with Crippen LogP contribution in [0.25, 0.3) is 10.8 Å². The molecule has 0 bridgehead atoms. The molecule has 0 saturated heterocycles. The molecule has 3 aromatic rings. The zero-order valence-corrected chi connectivity index (χ0v) is 12.2. The first-order valence-electron chi connectivity index (χ1n) is 5.76. The maximum absolute atomic E-state index is 13.8. The number of aliphatic hydroxyl groups excluding tert-OH is 1. The molecular weight excluding hydrogens is 327 g/mol. The van der Waals surface area contributed by atoms with Gasteiger partial charge in [-0.1, -0.05) is 30.3 Å². The average molecular weight is 337 g/mol. The molecule has 1 N–H and O–H groups in total. The van der Waals surface area contributed by atoms with E-state index in [0.717, 1.165) is 20.3 Å². The third kappa shape index (κ3) is 2.20. The van der Waals surface area contributed by atoms with Crippen molar-refractivity contribution in [3.05, 3.63) is 68.6 Å². The van der Waals surface area contributed by atoms with Gasteiger partial charge in [0.2, 0.25) is 0 Å². The van der Waals surface area contributed by atoms with Crippen molar-refractivity contribution in [2.45, 2.75) is 6.10 Å². The van der Waals surface area contributed by atoms with Crippen LogP contribution in [0.2, 0.25) is 0 Å². The van der Waals surface area contributed by atoms with Gasteiger partial charge >= 0.3 is 0 Å². The van der Waals surface area contributed by atoms with Crippen molar-refractivity contribution in [2.75, 3.05) is 0 Å². The molecule has 3 rings (SSSR count). The number of hydrogen-bond acceptors (Lipinski definition) is 2. The fourth-order valence-corrected chi connectivity index (χ4v) is 3.76. The second-order valence-electron chi connectivity index (χ2n) is 4.22. The van der Waals surface area contributed by atoms with Crippen molar-refractivity contribution in [1.29, 1.82) is 0 Å². The molecule has 0 spiro atoms. The van der Waals surface area contributed by atoms with Gasteiger partial charge in [-0.15, -0.1) is 11.3 Å². The van der Waals surface area contributed by atoms with Crippen LogP contribution in [0.15, 0.2) is 52.3 Å². The second-order valence-corrected chi connectivity index (χ2v) is 6.02. The van der Waals surface area contributed by atoms with Crippen LogP contribution in [-0.4, -0.2) is 5.11 Å². The van der Waals surface area contributed by atoms with Crippen molar-refractivity contribution >= 4 is 38.0 Å². The lowest BCUT2D eigenvalue weighted by Gasteiger charge is -2.13. The van der Waals surface area contributed by atoms with E-state index in [-0.39, 0.29) is 5.82 Å². The SMILES string of the molecule is OC(c1sccc1Br)c1ccc(F)c2ccccc12. The summed E-state index contributed by atoms with van der Waals surface area (Å²) in [4.78, 5) is 0.830. The van der Waals surface area contributed by atoms with E-state index < -0.39 is 6.10 Å². The summed E-state index contributed by atoms with van der Waals surface area (Å²) in [6, 6.07) is 12.2. The quantitative estimate of drug-likeness (QED) is 0.706. The largest absolute Gasteiger partial charge is 0.383 e. The molecule has 0 amide bonds. The van der Waals surface area contributed by atoms with E-state index in [0.29, 0.717) is 5.39 Å². The number of thiophene rings is 1. The summed E-state index contributed by atoms with van der Waals surface area (Å²) >= 11 is 4.89. The minimum absolute atomic E-state index is 0.267. The normalized spacial score (nSPS) is 12.8. The van der Waals surface area contributed by atoms with E-state index in [1.807, 2.05) is 23.6 Å². The van der Waals surface area contributed by atoms with Crippen LogP contribution in [0.5, 0.6) is 0 Å². The van der Waals surface area contributed by atoms with Crippen LogP contribution in [-0.2, 0) is 0 Å². The Kier molecular flexibility index (Phi) is 3.39. The first-order chi connectivity index (χ1) is 9.18. The Bertz CT molecular complexity index is 738. The molecule has 0 aliphatic carbocycles. The minimum Gasteiger partial charge on any atom is -0.383 e. The zero-order chi connectivity index (χ0) is 13.4. The third-order valence-corrected chi connectivity index (χ3v) is 5.02. The lowest BCUT2D eigenvalue weighted by molar-refractivity contribution is 0.225.